The minimum atomic E-state index is -1.08. The van der Waals surface area contributed by atoms with Crippen molar-refractivity contribution in [1.82, 2.24) is 0 Å². The highest BCUT2D eigenvalue weighted by atomic mass is 35.5. The molecule has 0 aliphatic carbocycles. The van der Waals surface area contributed by atoms with Crippen LogP contribution in [0, 0.1) is 0 Å². The standard InChI is InChI=1S/C20H23Cl2NO3/c1-20(2,3)13-5-7-15(8-6-13)26-10-4-9-23-18-16(19(24)25)11-14(21)12-17(18)22/h5-8,11-12,23H,4,9-10H2,1-3H3,(H,24,25). The molecular weight excluding hydrogens is 373 g/mol. The minimum Gasteiger partial charge on any atom is -0.494 e. The van der Waals surface area contributed by atoms with Gasteiger partial charge < -0.3 is 15.2 Å². The van der Waals surface area contributed by atoms with Gasteiger partial charge in [-0.2, -0.15) is 0 Å². The molecule has 0 spiro atoms. The highest BCUT2D eigenvalue weighted by Gasteiger charge is 2.15. The molecule has 140 valence electrons. The highest BCUT2D eigenvalue weighted by Crippen LogP contribution is 2.30. The number of carboxylic acid groups (broad SMARTS) is 1. The van der Waals surface area contributed by atoms with Crippen molar-refractivity contribution in [2.45, 2.75) is 32.6 Å². The third kappa shape index (κ3) is 5.55. The van der Waals surface area contributed by atoms with E-state index >= 15 is 0 Å². The maximum atomic E-state index is 11.3. The molecule has 2 rings (SSSR count). The summed E-state index contributed by atoms with van der Waals surface area (Å²) in [6.45, 7) is 7.54. The largest absolute Gasteiger partial charge is 0.494 e. The second kappa shape index (κ2) is 8.65. The molecule has 0 aromatic heterocycles. The Hall–Kier alpha value is -1.91. The molecule has 0 aliphatic heterocycles. The molecule has 0 saturated carbocycles. The number of hydrogen-bond donors (Lipinski definition) is 2. The van der Waals surface area contributed by atoms with E-state index in [-0.39, 0.29) is 16.0 Å². The van der Waals surface area contributed by atoms with E-state index in [2.05, 4.69) is 38.2 Å². The molecule has 0 amide bonds. The summed E-state index contributed by atoms with van der Waals surface area (Å²) < 4.78 is 5.73. The molecule has 0 radical (unpaired) electrons. The first-order chi connectivity index (χ1) is 12.2. The van der Waals surface area contributed by atoms with Gasteiger partial charge in [-0.3, -0.25) is 0 Å². The van der Waals surface area contributed by atoms with Crippen molar-refractivity contribution in [3.8, 4) is 5.75 Å². The van der Waals surface area contributed by atoms with E-state index in [4.69, 9.17) is 27.9 Å². The van der Waals surface area contributed by atoms with Gasteiger partial charge in [0.05, 0.1) is 22.9 Å². The molecule has 6 heteroatoms. The van der Waals surface area contributed by atoms with Gasteiger partial charge in [-0.05, 0) is 41.7 Å². The summed E-state index contributed by atoms with van der Waals surface area (Å²) in [5, 5.41) is 12.9. The average molecular weight is 396 g/mol. The molecule has 0 heterocycles. The average Bonchev–Trinajstić information content (AvgIpc) is 2.55. The summed E-state index contributed by atoms with van der Waals surface area (Å²) in [6.07, 6.45) is 0.693. The van der Waals surface area contributed by atoms with Gasteiger partial charge in [0.1, 0.15) is 5.75 Å². The SMILES string of the molecule is CC(C)(C)c1ccc(OCCCNc2c(Cl)cc(Cl)cc2C(=O)O)cc1. The van der Waals surface area contributed by atoms with Crippen LogP contribution in [0.3, 0.4) is 0 Å². The van der Waals surface area contributed by atoms with Crippen LogP contribution in [0.25, 0.3) is 0 Å². The number of rotatable bonds is 7. The number of anilines is 1. The maximum absolute atomic E-state index is 11.3. The van der Waals surface area contributed by atoms with Crippen LogP contribution in [0.5, 0.6) is 5.75 Å². The molecule has 26 heavy (non-hydrogen) atoms. The van der Waals surface area contributed by atoms with Crippen molar-refractivity contribution >= 4 is 34.9 Å². The zero-order chi connectivity index (χ0) is 19.3. The highest BCUT2D eigenvalue weighted by molar-refractivity contribution is 6.37. The van der Waals surface area contributed by atoms with Crippen molar-refractivity contribution in [2.75, 3.05) is 18.5 Å². The van der Waals surface area contributed by atoms with E-state index in [1.165, 1.54) is 17.7 Å². The lowest BCUT2D eigenvalue weighted by atomic mass is 9.87. The summed E-state index contributed by atoms with van der Waals surface area (Å²) in [5.74, 6) is -0.263. The fraction of sp³-hybridized carbons (Fsp3) is 0.350. The van der Waals surface area contributed by atoms with Crippen LogP contribution >= 0.6 is 23.2 Å². The quantitative estimate of drug-likeness (QED) is 0.575. The molecule has 2 aromatic carbocycles. The third-order valence-electron chi connectivity index (χ3n) is 3.90. The first-order valence-electron chi connectivity index (χ1n) is 8.38. The van der Waals surface area contributed by atoms with Crippen molar-refractivity contribution in [2.24, 2.45) is 0 Å². The molecule has 0 fully saturated rings. The van der Waals surface area contributed by atoms with E-state index in [0.717, 1.165) is 5.75 Å². The van der Waals surface area contributed by atoms with Crippen LogP contribution in [-0.4, -0.2) is 24.2 Å². The first kappa shape index (κ1) is 20.4. The van der Waals surface area contributed by atoms with Crippen LogP contribution in [0.1, 0.15) is 43.1 Å². The second-order valence-corrected chi connectivity index (χ2v) is 7.86. The van der Waals surface area contributed by atoms with E-state index < -0.39 is 5.97 Å². The molecule has 0 aliphatic rings. The minimum absolute atomic E-state index is 0.0567. The fourth-order valence-electron chi connectivity index (χ4n) is 2.45. The molecule has 0 unspecified atom stereocenters. The Labute approximate surface area is 164 Å². The van der Waals surface area contributed by atoms with Gasteiger partial charge in [0, 0.05) is 11.6 Å². The van der Waals surface area contributed by atoms with E-state index in [0.29, 0.717) is 30.3 Å². The summed E-state index contributed by atoms with van der Waals surface area (Å²) in [4.78, 5) is 11.3. The lowest BCUT2D eigenvalue weighted by Crippen LogP contribution is -2.12. The number of hydrogen-bond acceptors (Lipinski definition) is 3. The third-order valence-corrected chi connectivity index (χ3v) is 4.41. The Balaban J connectivity index is 1.85. The molecule has 4 nitrogen and oxygen atoms in total. The van der Waals surface area contributed by atoms with Crippen LogP contribution < -0.4 is 10.1 Å². The number of aromatic carboxylic acids is 1. The molecule has 2 aromatic rings. The molecular formula is C20H23Cl2NO3. The number of nitrogens with one attached hydrogen (secondary N) is 1. The fourth-order valence-corrected chi connectivity index (χ4v) is 3.01. The van der Waals surface area contributed by atoms with E-state index in [1.54, 1.807) is 0 Å². The molecule has 0 bridgehead atoms. The predicted octanol–water partition coefficient (Wildman–Crippen LogP) is 5.87. The van der Waals surface area contributed by atoms with Gasteiger partial charge in [0.15, 0.2) is 0 Å². The Bertz CT molecular complexity index is 768. The maximum Gasteiger partial charge on any atom is 0.337 e. The summed E-state index contributed by atoms with van der Waals surface area (Å²) in [6, 6.07) is 11.0. The van der Waals surface area contributed by atoms with Gasteiger partial charge in [-0.15, -0.1) is 0 Å². The van der Waals surface area contributed by atoms with Crippen molar-refractivity contribution in [1.29, 1.82) is 0 Å². The van der Waals surface area contributed by atoms with Crippen LogP contribution in [0.15, 0.2) is 36.4 Å². The Morgan fingerprint density at radius 1 is 1.15 bits per heavy atom. The normalized spacial score (nSPS) is 11.3. The Morgan fingerprint density at radius 3 is 2.38 bits per heavy atom. The zero-order valence-corrected chi connectivity index (χ0v) is 16.6. The van der Waals surface area contributed by atoms with Crippen molar-refractivity contribution in [3.05, 3.63) is 57.6 Å². The summed E-state index contributed by atoms with van der Waals surface area (Å²) >= 11 is 12.0. The number of carboxylic acids is 1. The van der Waals surface area contributed by atoms with Crippen LogP contribution in [0.2, 0.25) is 10.0 Å². The summed E-state index contributed by atoms with van der Waals surface area (Å²) in [5.41, 5.74) is 1.80. The zero-order valence-electron chi connectivity index (χ0n) is 15.1. The van der Waals surface area contributed by atoms with Gasteiger partial charge in [-0.1, -0.05) is 56.1 Å². The van der Waals surface area contributed by atoms with Crippen LogP contribution in [0.4, 0.5) is 5.69 Å². The number of ether oxygens (including phenoxy) is 1. The van der Waals surface area contributed by atoms with Crippen molar-refractivity contribution < 1.29 is 14.6 Å². The molecule has 0 saturated heterocycles. The lowest BCUT2D eigenvalue weighted by molar-refractivity contribution is 0.0698. The first-order valence-corrected chi connectivity index (χ1v) is 9.13. The Morgan fingerprint density at radius 2 is 1.81 bits per heavy atom. The number of carbonyl (C=O) groups is 1. The lowest BCUT2D eigenvalue weighted by Gasteiger charge is -2.19. The number of halogens is 2. The summed E-state index contributed by atoms with van der Waals surface area (Å²) in [7, 11) is 0. The van der Waals surface area contributed by atoms with Gasteiger partial charge in [0.25, 0.3) is 0 Å². The second-order valence-electron chi connectivity index (χ2n) is 7.02. The Kier molecular flexibility index (Phi) is 6.79. The smallest absolute Gasteiger partial charge is 0.337 e. The topological polar surface area (TPSA) is 58.6 Å². The van der Waals surface area contributed by atoms with Crippen LogP contribution in [-0.2, 0) is 5.41 Å². The van der Waals surface area contributed by atoms with E-state index in [1.807, 2.05) is 12.1 Å². The van der Waals surface area contributed by atoms with Gasteiger partial charge >= 0.3 is 5.97 Å². The number of benzene rings is 2. The van der Waals surface area contributed by atoms with Crippen molar-refractivity contribution in [3.63, 3.8) is 0 Å². The van der Waals surface area contributed by atoms with Gasteiger partial charge in [0.2, 0.25) is 0 Å². The van der Waals surface area contributed by atoms with E-state index in [9.17, 15) is 9.90 Å². The molecule has 0 atom stereocenters. The molecule has 2 N–H and O–H groups in total. The predicted molar refractivity (Wildman–Crippen MR) is 107 cm³/mol. The monoisotopic (exact) mass is 395 g/mol. The van der Waals surface area contributed by atoms with Gasteiger partial charge in [-0.25, -0.2) is 4.79 Å².